The minimum atomic E-state index is -0.829. The number of hydrogen-bond acceptors (Lipinski definition) is 6. The van der Waals surface area contributed by atoms with Crippen LogP contribution in [0, 0.1) is 0 Å². The van der Waals surface area contributed by atoms with Gasteiger partial charge in [0.15, 0.2) is 6.10 Å². The van der Waals surface area contributed by atoms with Crippen molar-refractivity contribution in [3.63, 3.8) is 0 Å². The molecule has 0 aromatic heterocycles. The van der Waals surface area contributed by atoms with E-state index in [2.05, 4.69) is 179 Å². The molecule has 6 heteroatoms. The van der Waals surface area contributed by atoms with Crippen LogP contribution < -0.4 is 0 Å². The summed E-state index contributed by atoms with van der Waals surface area (Å²) in [5.41, 5.74) is 0. The Labute approximate surface area is 485 Å². The Morgan fingerprint density at radius 2 is 0.481 bits per heavy atom. The molecule has 0 aliphatic carbocycles. The molecule has 0 aromatic carbocycles. The van der Waals surface area contributed by atoms with Gasteiger partial charge in [-0.2, -0.15) is 0 Å². The normalized spacial score (nSPS) is 13.3. The molecule has 0 fully saturated rings. The average Bonchev–Trinajstić information content (AvgIpc) is 3.45. The van der Waals surface area contributed by atoms with Crippen molar-refractivity contribution in [1.29, 1.82) is 0 Å². The molecule has 0 spiro atoms. The van der Waals surface area contributed by atoms with E-state index in [1.165, 1.54) is 57.8 Å². The average molecular weight is 1090 g/mol. The molecule has 79 heavy (non-hydrogen) atoms. The maximum absolute atomic E-state index is 12.9. The van der Waals surface area contributed by atoms with Gasteiger partial charge in [0.25, 0.3) is 0 Å². The Kier molecular flexibility index (Phi) is 61.0. The van der Waals surface area contributed by atoms with Crippen molar-refractivity contribution >= 4 is 17.9 Å². The van der Waals surface area contributed by atoms with Crippen LogP contribution >= 0.6 is 0 Å². The van der Waals surface area contributed by atoms with E-state index < -0.39 is 6.10 Å². The van der Waals surface area contributed by atoms with Gasteiger partial charge in [-0.25, -0.2) is 0 Å². The van der Waals surface area contributed by atoms with Crippen LogP contribution in [0.3, 0.4) is 0 Å². The van der Waals surface area contributed by atoms with Crippen molar-refractivity contribution in [2.75, 3.05) is 13.2 Å². The first-order valence-corrected chi connectivity index (χ1v) is 31.6. The first kappa shape index (κ1) is 73.8. The molecule has 0 rings (SSSR count). The van der Waals surface area contributed by atoms with E-state index in [1.54, 1.807) is 0 Å². The molecule has 0 aromatic rings. The number of hydrogen-bond donors (Lipinski definition) is 0. The van der Waals surface area contributed by atoms with Gasteiger partial charge < -0.3 is 14.2 Å². The Hall–Kier alpha value is -5.23. The van der Waals surface area contributed by atoms with E-state index in [1.807, 2.05) is 12.2 Å². The number of ether oxygens (including phenoxy) is 3. The van der Waals surface area contributed by atoms with Crippen molar-refractivity contribution < 1.29 is 28.6 Å². The third kappa shape index (κ3) is 63.5. The summed E-state index contributed by atoms with van der Waals surface area (Å²) in [5, 5.41) is 0. The van der Waals surface area contributed by atoms with Crippen LogP contribution in [0.15, 0.2) is 170 Å². The minimum absolute atomic E-state index is 0.117. The van der Waals surface area contributed by atoms with Gasteiger partial charge in [-0.15, -0.1) is 0 Å². The first-order valence-electron chi connectivity index (χ1n) is 31.6. The summed E-state index contributed by atoms with van der Waals surface area (Å²) in [7, 11) is 0. The first-order chi connectivity index (χ1) is 39.0. The number of unbranched alkanes of at least 4 members (excludes halogenated alkanes) is 16. The molecule has 0 heterocycles. The summed E-state index contributed by atoms with van der Waals surface area (Å²) in [6.45, 7) is 6.21. The molecule has 0 saturated heterocycles. The van der Waals surface area contributed by atoms with Gasteiger partial charge in [-0.3, -0.25) is 14.4 Å². The highest BCUT2D eigenvalue weighted by atomic mass is 16.6. The lowest BCUT2D eigenvalue weighted by Gasteiger charge is -2.18. The van der Waals surface area contributed by atoms with Gasteiger partial charge in [0, 0.05) is 19.3 Å². The van der Waals surface area contributed by atoms with Crippen molar-refractivity contribution in [3.8, 4) is 0 Å². The third-order valence-corrected chi connectivity index (χ3v) is 12.7. The smallest absolute Gasteiger partial charge is 0.306 e. The summed E-state index contributed by atoms with van der Waals surface area (Å²) < 4.78 is 16.8. The van der Waals surface area contributed by atoms with Crippen molar-refractivity contribution in [2.24, 2.45) is 0 Å². The van der Waals surface area contributed by atoms with Gasteiger partial charge in [0.2, 0.25) is 0 Å². The molecule has 0 N–H and O–H groups in total. The zero-order valence-electron chi connectivity index (χ0n) is 50.6. The molecule has 0 aliphatic rings. The van der Waals surface area contributed by atoms with Gasteiger partial charge in [0.1, 0.15) is 13.2 Å². The largest absolute Gasteiger partial charge is 0.462 e. The lowest BCUT2D eigenvalue weighted by Crippen LogP contribution is -2.30. The van der Waals surface area contributed by atoms with Crippen LogP contribution in [0.4, 0.5) is 0 Å². The monoisotopic (exact) mass is 1090 g/mol. The molecule has 0 aliphatic heterocycles. The highest BCUT2D eigenvalue weighted by Crippen LogP contribution is 2.15. The summed E-state index contributed by atoms with van der Waals surface area (Å²) in [5.74, 6) is -1.03. The Morgan fingerprint density at radius 1 is 0.253 bits per heavy atom. The maximum Gasteiger partial charge on any atom is 0.306 e. The quantitative estimate of drug-likeness (QED) is 0.0261. The minimum Gasteiger partial charge on any atom is -0.462 e. The van der Waals surface area contributed by atoms with Crippen LogP contribution in [-0.2, 0) is 28.6 Å². The number of esters is 3. The fraction of sp³-hybridized carbons (Fsp3) is 0.575. The SMILES string of the molecule is CC/C=C\C/C=C\C/C=C\C/C=C\C/C=C\CCCCCCCCCCCCCC(=O)OCC(COC(=O)CC/C=C\C/C=C\C/C=C\C/C=C\CC)OC(=O)CCCCCCC/C=C\C/C=C\C/C=C\C/C=C\C/C=C\CC. The fourth-order valence-corrected chi connectivity index (χ4v) is 8.10. The predicted octanol–water partition coefficient (Wildman–Crippen LogP) is 21.9. The van der Waals surface area contributed by atoms with Gasteiger partial charge in [-0.05, 0) is 135 Å². The summed E-state index contributed by atoms with van der Waals surface area (Å²) in [4.78, 5) is 38.3. The van der Waals surface area contributed by atoms with Gasteiger partial charge >= 0.3 is 17.9 Å². The molecular formula is C73H114O6. The van der Waals surface area contributed by atoms with E-state index in [4.69, 9.17) is 14.2 Å². The second kappa shape index (κ2) is 65.3. The third-order valence-electron chi connectivity index (χ3n) is 12.7. The molecular weight excluding hydrogens is 973 g/mol. The number of carbonyl (C=O) groups excluding carboxylic acids is 3. The molecule has 1 atom stereocenters. The molecule has 6 nitrogen and oxygen atoms in total. The van der Waals surface area contributed by atoms with Crippen LogP contribution in [0.5, 0.6) is 0 Å². The lowest BCUT2D eigenvalue weighted by atomic mass is 10.0. The van der Waals surface area contributed by atoms with Crippen molar-refractivity contribution in [1.82, 2.24) is 0 Å². The number of rotatable bonds is 55. The van der Waals surface area contributed by atoms with Crippen molar-refractivity contribution in [3.05, 3.63) is 170 Å². The van der Waals surface area contributed by atoms with Gasteiger partial charge in [-0.1, -0.05) is 268 Å². The second-order valence-corrected chi connectivity index (χ2v) is 20.2. The van der Waals surface area contributed by atoms with Crippen LogP contribution in [0.2, 0.25) is 0 Å². The maximum atomic E-state index is 12.9. The Morgan fingerprint density at radius 3 is 0.785 bits per heavy atom. The standard InChI is InChI=1S/C73H114O6/c1-4-7-10-13-16-19-22-25-27-29-31-33-34-35-36-37-38-40-41-43-45-48-51-54-57-60-63-66-72(75)78-69-70(68-77-71(74)65-62-59-56-53-50-47-24-21-18-15-12-9-6-3)79-73(76)67-64-61-58-55-52-49-46-44-42-39-32-30-28-26-23-20-17-14-11-8-5-2/h7-12,16-21,25-28,31-33,35-36,39,44,46-47,50,56,59,70H,4-6,13-15,22-24,29-30,34,37-38,40-43,45,48-49,51-55,57-58,60-69H2,1-3H3/b10-7-,11-8-,12-9-,19-16-,20-17-,21-18-,27-25-,28-26-,33-31-,36-35-,39-32-,46-44-,50-47-,59-56-. The van der Waals surface area contributed by atoms with Crippen LogP contribution in [0.1, 0.15) is 252 Å². The molecule has 0 bridgehead atoms. The highest BCUT2D eigenvalue weighted by molar-refractivity contribution is 5.71. The van der Waals surface area contributed by atoms with E-state index >= 15 is 0 Å². The van der Waals surface area contributed by atoms with E-state index in [0.29, 0.717) is 12.8 Å². The molecule has 0 saturated carbocycles. The molecule has 1 unspecified atom stereocenters. The number of carbonyl (C=O) groups is 3. The topological polar surface area (TPSA) is 78.9 Å². The van der Waals surface area contributed by atoms with E-state index in [0.717, 1.165) is 148 Å². The molecule has 442 valence electrons. The molecule has 0 amide bonds. The predicted molar refractivity (Wildman–Crippen MR) is 343 cm³/mol. The summed E-state index contributed by atoms with van der Waals surface area (Å²) in [6.07, 6.45) is 96.6. The zero-order chi connectivity index (χ0) is 57.1. The van der Waals surface area contributed by atoms with E-state index in [9.17, 15) is 14.4 Å². The fourth-order valence-electron chi connectivity index (χ4n) is 8.10. The highest BCUT2D eigenvalue weighted by Gasteiger charge is 2.19. The Bertz CT molecular complexity index is 1820. The van der Waals surface area contributed by atoms with E-state index in [-0.39, 0.29) is 44.0 Å². The van der Waals surface area contributed by atoms with Gasteiger partial charge in [0.05, 0.1) is 0 Å². The summed E-state index contributed by atoms with van der Waals surface area (Å²) >= 11 is 0. The van der Waals surface area contributed by atoms with Crippen LogP contribution in [0.25, 0.3) is 0 Å². The van der Waals surface area contributed by atoms with Crippen LogP contribution in [-0.4, -0.2) is 37.2 Å². The summed E-state index contributed by atoms with van der Waals surface area (Å²) in [6, 6.07) is 0. The Balaban J connectivity index is 4.42. The lowest BCUT2D eigenvalue weighted by molar-refractivity contribution is -0.166. The second-order valence-electron chi connectivity index (χ2n) is 20.2. The number of allylic oxidation sites excluding steroid dienone is 28. The molecule has 0 radical (unpaired) electrons. The van der Waals surface area contributed by atoms with Crippen molar-refractivity contribution in [2.45, 2.75) is 258 Å². The zero-order valence-corrected chi connectivity index (χ0v) is 50.6.